The van der Waals surface area contributed by atoms with Gasteiger partial charge in [0.1, 0.15) is 6.04 Å². The minimum absolute atomic E-state index is 0.0170. The Hall–Kier alpha value is -1.89. The van der Waals surface area contributed by atoms with E-state index in [9.17, 15) is 9.59 Å². The molecule has 1 unspecified atom stereocenters. The number of hydrogen-bond donors (Lipinski definition) is 3. The van der Waals surface area contributed by atoms with E-state index < -0.39 is 6.04 Å². The normalized spacial score (nSPS) is 12.2. The van der Waals surface area contributed by atoms with Gasteiger partial charge in [-0.2, -0.15) is 5.10 Å². The Bertz CT molecular complexity index is 455. The molecule has 112 valence electrons. The summed E-state index contributed by atoms with van der Waals surface area (Å²) < 4.78 is 1.65. The molecule has 0 bridgehead atoms. The maximum absolute atomic E-state index is 12.0. The number of aromatic nitrogens is 2. The van der Waals surface area contributed by atoms with Crippen LogP contribution in [0.1, 0.15) is 25.5 Å². The zero-order valence-corrected chi connectivity index (χ0v) is 12.4. The van der Waals surface area contributed by atoms with E-state index in [1.807, 2.05) is 13.8 Å². The monoisotopic (exact) mass is 281 g/mol. The van der Waals surface area contributed by atoms with Crippen molar-refractivity contribution in [2.24, 2.45) is 13.0 Å². The maximum atomic E-state index is 12.0. The highest BCUT2D eigenvalue weighted by Gasteiger charge is 2.19. The van der Waals surface area contributed by atoms with Crippen molar-refractivity contribution in [3.05, 3.63) is 18.0 Å². The molecular formula is C13H23N5O2. The lowest BCUT2D eigenvalue weighted by molar-refractivity contribution is -0.125. The molecule has 0 aliphatic carbocycles. The first kappa shape index (κ1) is 16.2. The molecule has 7 nitrogen and oxygen atoms in total. The van der Waals surface area contributed by atoms with Gasteiger partial charge in [-0.1, -0.05) is 13.8 Å². The highest BCUT2D eigenvalue weighted by atomic mass is 16.2. The Labute approximate surface area is 119 Å². The van der Waals surface area contributed by atoms with Crippen LogP contribution in [0.4, 0.5) is 0 Å². The van der Waals surface area contributed by atoms with Gasteiger partial charge in [0, 0.05) is 37.8 Å². The minimum atomic E-state index is -0.440. The molecule has 7 heteroatoms. The van der Waals surface area contributed by atoms with Crippen LogP contribution in [0.5, 0.6) is 0 Å². The Morgan fingerprint density at radius 2 is 1.85 bits per heavy atom. The van der Waals surface area contributed by atoms with E-state index in [4.69, 9.17) is 0 Å². The molecule has 0 aliphatic heterocycles. The molecule has 1 rings (SSSR count). The van der Waals surface area contributed by atoms with Crippen molar-refractivity contribution in [3.8, 4) is 0 Å². The van der Waals surface area contributed by atoms with Crippen molar-refractivity contribution in [3.63, 3.8) is 0 Å². The number of likely N-dealkylation sites (N-methyl/N-ethyl adjacent to an activating group) is 1. The second-order valence-electron chi connectivity index (χ2n) is 4.91. The van der Waals surface area contributed by atoms with E-state index >= 15 is 0 Å². The van der Waals surface area contributed by atoms with Crippen molar-refractivity contribution in [2.75, 3.05) is 20.1 Å². The molecule has 20 heavy (non-hydrogen) atoms. The van der Waals surface area contributed by atoms with Crippen LogP contribution in [-0.4, -0.2) is 41.7 Å². The topological polar surface area (TPSA) is 88.1 Å². The van der Waals surface area contributed by atoms with Gasteiger partial charge in [0.25, 0.3) is 0 Å². The van der Waals surface area contributed by atoms with Crippen LogP contribution in [0.25, 0.3) is 0 Å². The van der Waals surface area contributed by atoms with Crippen LogP contribution in [0, 0.1) is 5.92 Å². The molecule has 3 N–H and O–H groups in total. The summed E-state index contributed by atoms with van der Waals surface area (Å²) in [5.74, 6) is -0.206. The van der Waals surface area contributed by atoms with Gasteiger partial charge in [0.2, 0.25) is 11.8 Å². The highest BCUT2D eigenvalue weighted by Crippen LogP contribution is 2.10. The van der Waals surface area contributed by atoms with Crippen LogP contribution in [0.3, 0.4) is 0 Å². The molecule has 0 spiro atoms. The summed E-state index contributed by atoms with van der Waals surface area (Å²) in [5, 5.41) is 12.5. The van der Waals surface area contributed by atoms with E-state index in [-0.39, 0.29) is 17.7 Å². The van der Waals surface area contributed by atoms with Gasteiger partial charge in [-0.15, -0.1) is 0 Å². The van der Waals surface area contributed by atoms with Gasteiger partial charge in [-0.25, -0.2) is 0 Å². The highest BCUT2D eigenvalue weighted by molar-refractivity contribution is 5.83. The molecule has 1 aromatic rings. The lowest BCUT2D eigenvalue weighted by Crippen LogP contribution is -2.40. The average Bonchev–Trinajstić information content (AvgIpc) is 2.81. The van der Waals surface area contributed by atoms with E-state index in [0.29, 0.717) is 13.1 Å². The zero-order valence-electron chi connectivity index (χ0n) is 12.4. The molecule has 2 amide bonds. The molecular weight excluding hydrogens is 258 g/mol. The summed E-state index contributed by atoms with van der Waals surface area (Å²) in [6, 6.07) is -0.440. The Morgan fingerprint density at radius 3 is 2.30 bits per heavy atom. The predicted octanol–water partition coefficient (Wildman–Crippen LogP) is -0.431. The molecule has 0 saturated heterocycles. The summed E-state index contributed by atoms with van der Waals surface area (Å²) in [5.41, 5.74) is 0.804. The summed E-state index contributed by atoms with van der Waals surface area (Å²) in [4.78, 5) is 23.4. The fourth-order valence-electron chi connectivity index (χ4n) is 1.72. The number of nitrogens with zero attached hydrogens (tertiary/aromatic N) is 2. The molecule has 0 fully saturated rings. The minimum Gasteiger partial charge on any atom is -0.354 e. The Kier molecular flexibility index (Phi) is 6.17. The lowest BCUT2D eigenvalue weighted by atomic mass is 10.1. The van der Waals surface area contributed by atoms with Crippen molar-refractivity contribution in [1.82, 2.24) is 25.7 Å². The van der Waals surface area contributed by atoms with Gasteiger partial charge in [-0.3, -0.25) is 14.3 Å². The molecule has 0 saturated carbocycles. The average molecular weight is 281 g/mol. The van der Waals surface area contributed by atoms with Crippen LogP contribution in [0.2, 0.25) is 0 Å². The van der Waals surface area contributed by atoms with Gasteiger partial charge in [0.05, 0.1) is 6.20 Å². The van der Waals surface area contributed by atoms with Crippen molar-refractivity contribution >= 4 is 11.8 Å². The van der Waals surface area contributed by atoms with Crippen molar-refractivity contribution in [1.29, 1.82) is 0 Å². The summed E-state index contributed by atoms with van der Waals surface area (Å²) in [6.45, 7) is 4.47. The zero-order chi connectivity index (χ0) is 15.1. The van der Waals surface area contributed by atoms with Crippen LogP contribution >= 0.6 is 0 Å². The number of rotatable bonds is 7. The predicted molar refractivity (Wildman–Crippen MR) is 75.9 cm³/mol. The first-order valence-corrected chi connectivity index (χ1v) is 6.67. The van der Waals surface area contributed by atoms with Gasteiger partial charge >= 0.3 is 0 Å². The SMILES string of the molecule is CNC(C(=O)NCCNC(=O)C(C)C)c1cnn(C)c1. The second-order valence-corrected chi connectivity index (χ2v) is 4.91. The lowest BCUT2D eigenvalue weighted by Gasteiger charge is -2.15. The van der Waals surface area contributed by atoms with Crippen LogP contribution < -0.4 is 16.0 Å². The molecule has 0 radical (unpaired) electrons. The number of hydrogen-bond acceptors (Lipinski definition) is 4. The second kappa shape index (κ2) is 7.64. The first-order chi connectivity index (χ1) is 9.45. The van der Waals surface area contributed by atoms with Crippen molar-refractivity contribution in [2.45, 2.75) is 19.9 Å². The largest absolute Gasteiger partial charge is 0.354 e. The number of carbonyl (C=O) groups excluding carboxylic acids is 2. The first-order valence-electron chi connectivity index (χ1n) is 6.67. The standard InChI is InChI=1S/C13H23N5O2/c1-9(2)12(19)15-5-6-16-13(20)11(14-3)10-7-17-18(4)8-10/h7-9,11,14H,5-6H2,1-4H3,(H,15,19)(H,16,20). The molecule has 0 aromatic carbocycles. The number of nitrogens with one attached hydrogen (secondary N) is 3. The van der Waals surface area contributed by atoms with Crippen LogP contribution in [-0.2, 0) is 16.6 Å². The summed E-state index contributed by atoms with van der Waals surface area (Å²) in [6.07, 6.45) is 3.45. The number of carbonyl (C=O) groups is 2. The number of amides is 2. The third-order valence-electron chi connectivity index (χ3n) is 2.86. The molecule has 1 heterocycles. The summed E-state index contributed by atoms with van der Waals surface area (Å²) in [7, 11) is 3.52. The third-order valence-corrected chi connectivity index (χ3v) is 2.86. The Morgan fingerprint density at radius 1 is 1.25 bits per heavy atom. The third kappa shape index (κ3) is 4.65. The van der Waals surface area contributed by atoms with Crippen molar-refractivity contribution < 1.29 is 9.59 Å². The maximum Gasteiger partial charge on any atom is 0.241 e. The fraction of sp³-hybridized carbons (Fsp3) is 0.615. The Balaban J connectivity index is 2.39. The van der Waals surface area contributed by atoms with Gasteiger partial charge in [0.15, 0.2) is 0 Å². The summed E-state index contributed by atoms with van der Waals surface area (Å²) >= 11 is 0. The quantitative estimate of drug-likeness (QED) is 0.592. The van der Waals surface area contributed by atoms with E-state index in [1.54, 1.807) is 31.2 Å². The fourth-order valence-corrected chi connectivity index (χ4v) is 1.72. The molecule has 0 aliphatic rings. The molecule has 1 aromatic heterocycles. The van der Waals surface area contributed by atoms with E-state index in [1.165, 1.54) is 0 Å². The van der Waals surface area contributed by atoms with E-state index in [2.05, 4.69) is 21.0 Å². The van der Waals surface area contributed by atoms with Gasteiger partial charge < -0.3 is 16.0 Å². The van der Waals surface area contributed by atoms with Crippen LogP contribution in [0.15, 0.2) is 12.4 Å². The van der Waals surface area contributed by atoms with Gasteiger partial charge in [-0.05, 0) is 7.05 Å². The molecule has 1 atom stereocenters. The number of aryl methyl sites for hydroxylation is 1. The van der Waals surface area contributed by atoms with E-state index in [0.717, 1.165) is 5.56 Å². The smallest absolute Gasteiger partial charge is 0.241 e.